The predicted molar refractivity (Wildman–Crippen MR) is 83.6 cm³/mol. The highest BCUT2D eigenvalue weighted by atomic mass is 32.2. The highest BCUT2D eigenvalue weighted by Gasteiger charge is 2.27. The van der Waals surface area contributed by atoms with Crippen molar-refractivity contribution in [3.63, 3.8) is 0 Å². The second kappa shape index (κ2) is 8.87. The Morgan fingerprint density at radius 1 is 1.18 bits per heavy atom. The third kappa shape index (κ3) is 9.49. The molecule has 0 radical (unpaired) electrons. The molecular formula is C14H25NO6S. The number of ether oxygens (including phenoxy) is 2. The van der Waals surface area contributed by atoms with Crippen LogP contribution in [0.3, 0.4) is 0 Å². The molecule has 0 saturated heterocycles. The fourth-order valence-corrected chi connectivity index (χ4v) is 2.51. The monoisotopic (exact) mass is 335 g/mol. The molecule has 0 aliphatic carbocycles. The van der Waals surface area contributed by atoms with Crippen molar-refractivity contribution in [2.45, 2.75) is 57.8 Å². The molecule has 0 aliphatic heterocycles. The van der Waals surface area contributed by atoms with Crippen LogP contribution >= 0.6 is 11.8 Å². The molecule has 0 saturated carbocycles. The Kier molecular flexibility index (Phi) is 8.29. The van der Waals surface area contributed by atoms with Crippen LogP contribution in [0, 0.1) is 5.92 Å². The molecule has 0 aromatic carbocycles. The summed E-state index contributed by atoms with van der Waals surface area (Å²) in [5.41, 5.74) is 0. The average molecular weight is 335 g/mol. The second-order valence-electron chi connectivity index (χ2n) is 6.07. The number of alkyl carbamates (subject to hydrolysis) is 1. The van der Waals surface area contributed by atoms with Gasteiger partial charge < -0.3 is 19.9 Å². The van der Waals surface area contributed by atoms with E-state index in [9.17, 15) is 14.4 Å². The summed E-state index contributed by atoms with van der Waals surface area (Å²) in [6.07, 6.45) is -1.82. The number of hydrogen-bond donors (Lipinski definition) is 2. The number of rotatable bonds is 7. The average Bonchev–Trinajstić information content (AvgIpc) is 2.31. The van der Waals surface area contributed by atoms with E-state index in [0.717, 1.165) is 0 Å². The summed E-state index contributed by atoms with van der Waals surface area (Å²) in [7, 11) is 0. The highest BCUT2D eigenvalue weighted by molar-refractivity contribution is 8.01. The van der Waals surface area contributed by atoms with Crippen LogP contribution in [-0.2, 0) is 19.1 Å². The Balaban J connectivity index is 4.50. The molecule has 0 rings (SSSR count). The normalized spacial score (nSPS) is 14.1. The van der Waals surface area contributed by atoms with Gasteiger partial charge in [-0.15, -0.1) is 11.8 Å². The number of hydrogen-bond acceptors (Lipinski definition) is 6. The number of carboxylic acids is 1. The molecule has 2 atom stereocenters. The van der Waals surface area contributed by atoms with Gasteiger partial charge in [-0.05, 0) is 0 Å². The summed E-state index contributed by atoms with van der Waals surface area (Å²) in [5, 5.41) is 10.8. The van der Waals surface area contributed by atoms with Gasteiger partial charge in [-0.2, -0.15) is 0 Å². The van der Waals surface area contributed by atoms with Crippen molar-refractivity contribution in [2.75, 3.05) is 6.54 Å². The lowest BCUT2D eigenvalue weighted by Crippen LogP contribution is -2.40. The lowest BCUT2D eigenvalue weighted by Gasteiger charge is -2.24. The van der Waals surface area contributed by atoms with E-state index in [1.54, 1.807) is 13.8 Å². The SMILES string of the molecule is CC(=O)O[C@H](OC(=O)NC[C@H](SC(C)(C)C)C(=O)O)C(C)C. The molecule has 8 heteroatoms. The molecule has 0 aromatic heterocycles. The van der Waals surface area contributed by atoms with E-state index in [1.807, 2.05) is 20.8 Å². The number of carbonyl (C=O) groups excluding carboxylic acids is 2. The number of esters is 1. The Morgan fingerprint density at radius 3 is 2.09 bits per heavy atom. The zero-order valence-corrected chi connectivity index (χ0v) is 14.7. The minimum absolute atomic E-state index is 0.0824. The maximum atomic E-state index is 11.7. The van der Waals surface area contributed by atoms with Crippen LogP contribution in [0.1, 0.15) is 41.5 Å². The fraction of sp³-hybridized carbons (Fsp3) is 0.786. The van der Waals surface area contributed by atoms with Crippen LogP contribution in [-0.4, -0.2) is 46.0 Å². The van der Waals surface area contributed by atoms with Gasteiger partial charge in [0.1, 0.15) is 5.25 Å². The number of aliphatic carboxylic acids is 1. The van der Waals surface area contributed by atoms with Crippen LogP contribution in [0.15, 0.2) is 0 Å². The largest absolute Gasteiger partial charge is 0.480 e. The molecule has 128 valence electrons. The van der Waals surface area contributed by atoms with Gasteiger partial charge in [0.25, 0.3) is 6.29 Å². The van der Waals surface area contributed by atoms with Crippen molar-refractivity contribution in [3.05, 3.63) is 0 Å². The van der Waals surface area contributed by atoms with Crippen molar-refractivity contribution >= 4 is 29.8 Å². The maximum Gasteiger partial charge on any atom is 0.410 e. The summed E-state index contributed by atoms with van der Waals surface area (Å²) in [5.74, 6) is -1.78. The van der Waals surface area contributed by atoms with Crippen LogP contribution in [0.5, 0.6) is 0 Å². The second-order valence-corrected chi connectivity index (χ2v) is 8.09. The van der Waals surface area contributed by atoms with Crippen LogP contribution in [0.4, 0.5) is 4.79 Å². The fourth-order valence-electron chi connectivity index (χ4n) is 1.39. The van der Waals surface area contributed by atoms with E-state index in [4.69, 9.17) is 14.6 Å². The summed E-state index contributed by atoms with van der Waals surface area (Å²) in [4.78, 5) is 33.8. The highest BCUT2D eigenvalue weighted by Crippen LogP contribution is 2.28. The Bertz CT molecular complexity index is 405. The standard InChI is InChI=1S/C14H25NO6S/c1-8(2)12(20-9(3)16)21-13(19)15-7-10(11(17)18)22-14(4,5)6/h8,10,12H,7H2,1-6H3,(H,15,19)(H,17,18)/t10-,12+/m0/s1. The third-order valence-corrected chi connectivity index (χ3v) is 3.61. The molecule has 0 aliphatic rings. The molecule has 0 unspecified atom stereocenters. The lowest BCUT2D eigenvalue weighted by molar-refractivity contribution is -0.172. The number of thioether (sulfide) groups is 1. The first-order valence-electron chi connectivity index (χ1n) is 6.94. The van der Waals surface area contributed by atoms with Gasteiger partial charge >= 0.3 is 18.0 Å². The smallest absolute Gasteiger partial charge is 0.410 e. The van der Waals surface area contributed by atoms with Gasteiger partial charge in [-0.25, -0.2) is 4.79 Å². The summed E-state index contributed by atoms with van der Waals surface area (Å²) in [6, 6.07) is 0. The lowest BCUT2D eigenvalue weighted by atomic mass is 10.2. The van der Waals surface area contributed by atoms with Gasteiger partial charge in [-0.3, -0.25) is 9.59 Å². The van der Waals surface area contributed by atoms with Crippen molar-refractivity contribution < 1.29 is 29.0 Å². The Hall–Kier alpha value is -1.44. The number of carboxylic acid groups (broad SMARTS) is 1. The zero-order valence-electron chi connectivity index (χ0n) is 13.8. The molecule has 0 heterocycles. The summed E-state index contributed by atoms with van der Waals surface area (Å²) in [6.45, 7) is 10.3. The Labute approximate surface area is 135 Å². The quantitative estimate of drug-likeness (QED) is 0.543. The minimum atomic E-state index is -1.01. The van der Waals surface area contributed by atoms with Crippen molar-refractivity contribution in [1.29, 1.82) is 0 Å². The van der Waals surface area contributed by atoms with E-state index in [2.05, 4.69) is 5.32 Å². The first kappa shape index (κ1) is 20.6. The first-order valence-corrected chi connectivity index (χ1v) is 7.82. The van der Waals surface area contributed by atoms with Gasteiger partial charge in [0, 0.05) is 24.1 Å². The van der Waals surface area contributed by atoms with Crippen LogP contribution in [0.2, 0.25) is 0 Å². The third-order valence-electron chi connectivity index (χ3n) is 2.25. The van der Waals surface area contributed by atoms with Gasteiger partial charge in [0.15, 0.2) is 0 Å². The van der Waals surface area contributed by atoms with E-state index in [-0.39, 0.29) is 17.2 Å². The number of nitrogens with one attached hydrogen (secondary N) is 1. The maximum absolute atomic E-state index is 11.7. The van der Waals surface area contributed by atoms with E-state index in [1.165, 1.54) is 18.7 Å². The molecule has 0 fully saturated rings. The predicted octanol–water partition coefficient (Wildman–Crippen LogP) is 2.24. The van der Waals surface area contributed by atoms with Crippen LogP contribution in [0.25, 0.3) is 0 Å². The summed E-state index contributed by atoms with van der Waals surface area (Å²) < 4.78 is 9.60. The Morgan fingerprint density at radius 2 is 1.73 bits per heavy atom. The molecule has 0 bridgehead atoms. The molecule has 0 spiro atoms. The molecule has 0 aromatic rings. The molecule has 1 amide bonds. The van der Waals surface area contributed by atoms with Gasteiger partial charge in [-0.1, -0.05) is 34.6 Å². The minimum Gasteiger partial charge on any atom is -0.480 e. The molecule has 22 heavy (non-hydrogen) atoms. The number of carbonyl (C=O) groups is 3. The van der Waals surface area contributed by atoms with Crippen LogP contribution < -0.4 is 5.32 Å². The van der Waals surface area contributed by atoms with Gasteiger partial charge in [0.2, 0.25) is 0 Å². The number of amides is 1. The summed E-state index contributed by atoms with van der Waals surface area (Å²) >= 11 is 1.23. The molecule has 7 nitrogen and oxygen atoms in total. The van der Waals surface area contributed by atoms with Crippen molar-refractivity contribution in [2.24, 2.45) is 5.92 Å². The molecule has 2 N–H and O–H groups in total. The topological polar surface area (TPSA) is 102 Å². The first-order chi connectivity index (χ1) is 9.92. The van der Waals surface area contributed by atoms with Crippen molar-refractivity contribution in [3.8, 4) is 0 Å². The van der Waals surface area contributed by atoms with Gasteiger partial charge in [0.05, 0.1) is 0 Å². The molecular weight excluding hydrogens is 310 g/mol. The van der Waals surface area contributed by atoms with E-state index in [0.29, 0.717) is 0 Å². The zero-order chi connectivity index (χ0) is 17.5. The van der Waals surface area contributed by atoms with E-state index >= 15 is 0 Å². The van der Waals surface area contributed by atoms with E-state index < -0.39 is 29.6 Å². The van der Waals surface area contributed by atoms with Crippen molar-refractivity contribution in [1.82, 2.24) is 5.32 Å².